The maximum absolute atomic E-state index is 6.08. The minimum Gasteiger partial charge on any atom is -0.323 e. The van der Waals surface area contributed by atoms with E-state index in [1.165, 1.54) is 18.4 Å². The van der Waals surface area contributed by atoms with Gasteiger partial charge in [-0.3, -0.25) is 0 Å². The number of rotatable bonds is 4. The van der Waals surface area contributed by atoms with Gasteiger partial charge in [-0.2, -0.15) is 0 Å². The molecule has 0 heterocycles. The van der Waals surface area contributed by atoms with Gasteiger partial charge in [-0.1, -0.05) is 34.1 Å². The average molecular weight is 255 g/mol. The van der Waals surface area contributed by atoms with Crippen molar-refractivity contribution in [3.8, 4) is 0 Å². The van der Waals surface area contributed by atoms with Crippen LogP contribution >= 0.6 is 15.9 Å². The Balaban J connectivity index is 1.95. The van der Waals surface area contributed by atoms with Crippen LogP contribution in [0.5, 0.6) is 0 Å². The molecule has 1 unspecified atom stereocenters. The summed E-state index contributed by atoms with van der Waals surface area (Å²) in [5, 5.41) is 3.44. The molecule has 0 saturated heterocycles. The average Bonchev–Trinajstić information content (AvgIpc) is 2.98. The van der Waals surface area contributed by atoms with E-state index in [0.29, 0.717) is 0 Å². The fraction of sp³-hybridized carbons (Fsp3) is 0.455. The number of benzene rings is 1. The number of halogens is 1. The summed E-state index contributed by atoms with van der Waals surface area (Å²) in [4.78, 5) is 0. The summed E-state index contributed by atoms with van der Waals surface area (Å²) >= 11 is 3.51. The van der Waals surface area contributed by atoms with Gasteiger partial charge in [-0.05, 0) is 24.5 Å². The first-order chi connectivity index (χ1) is 6.77. The van der Waals surface area contributed by atoms with Crippen molar-refractivity contribution in [1.82, 2.24) is 5.32 Å². The van der Waals surface area contributed by atoms with Crippen LogP contribution in [0.25, 0.3) is 0 Å². The molecule has 3 N–H and O–H groups in total. The van der Waals surface area contributed by atoms with Crippen LogP contribution in [0.15, 0.2) is 28.7 Å². The smallest absolute Gasteiger partial charge is 0.0433 e. The SMILES string of the molecule is NC(CNC1CC1)c1ccccc1Br. The zero-order chi connectivity index (χ0) is 9.97. The number of nitrogens with one attached hydrogen (secondary N) is 1. The highest BCUT2D eigenvalue weighted by Crippen LogP contribution is 2.23. The van der Waals surface area contributed by atoms with Gasteiger partial charge in [0.2, 0.25) is 0 Å². The van der Waals surface area contributed by atoms with Crippen molar-refractivity contribution in [1.29, 1.82) is 0 Å². The minimum atomic E-state index is 0.0891. The second-order valence-electron chi connectivity index (χ2n) is 3.81. The molecule has 0 aliphatic heterocycles. The van der Waals surface area contributed by atoms with Crippen molar-refractivity contribution < 1.29 is 0 Å². The molecular formula is C11H15BrN2. The van der Waals surface area contributed by atoms with Crippen LogP contribution in [0, 0.1) is 0 Å². The fourth-order valence-electron chi connectivity index (χ4n) is 1.47. The summed E-state index contributed by atoms with van der Waals surface area (Å²) < 4.78 is 1.10. The highest BCUT2D eigenvalue weighted by atomic mass is 79.9. The Morgan fingerprint density at radius 1 is 1.43 bits per heavy atom. The molecule has 1 aliphatic rings. The van der Waals surface area contributed by atoms with Crippen molar-refractivity contribution in [3.05, 3.63) is 34.3 Å². The fourth-order valence-corrected chi connectivity index (χ4v) is 2.05. The summed E-state index contributed by atoms with van der Waals surface area (Å²) in [6.07, 6.45) is 2.62. The first kappa shape index (κ1) is 10.1. The molecule has 1 saturated carbocycles. The zero-order valence-corrected chi connectivity index (χ0v) is 9.63. The van der Waals surface area contributed by atoms with E-state index in [0.717, 1.165) is 17.1 Å². The van der Waals surface area contributed by atoms with Gasteiger partial charge >= 0.3 is 0 Å². The lowest BCUT2D eigenvalue weighted by molar-refractivity contribution is 0.594. The Bertz CT molecular complexity index is 310. The Kier molecular flexibility index (Phi) is 3.21. The summed E-state index contributed by atoms with van der Waals surface area (Å²) in [6.45, 7) is 0.868. The molecule has 2 nitrogen and oxygen atoms in total. The van der Waals surface area contributed by atoms with E-state index in [1.54, 1.807) is 0 Å². The van der Waals surface area contributed by atoms with E-state index in [9.17, 15) is 0 Å². The molecule has 0 bridgehead atoms. The second-order valence-corrected chi connectivity index (χ2v) is 4.66. The Labute approximate surface area is 93.0 Å². The van der Waals surface area contributed by atoms with E-state index >= 15 is 0 Å². The highest BCUT2D eigenvalue weighted by molar-refractivity contribution is 9.10. The summed E-state index contributed by atoms with van der Waals surface area (Å²) in [7, 11) is 0. The molecule has 1 atom stereocenters. The van der Waals surface area contributed by atoms with Crippen LogP contribution in [-0.2, 0) is 0 Å². The standard InChI is InChI=1S/C11H15BrN2/c12-10-4-2-1-3-9(10)11(13)7-14-8-5-6-8/h1-4,8,11,14H,5-7,13H2. The normalized spacial score (nSPS) is 18.1. The topological polar surface area (TPSA) is 38.0 Å². The lowest BCUT2D eigenvalue weighted by Crippen LogP contribution is -2.28. The van der Waals surface area contributed by atoms with Gasteiger partial charge in [0.15, 0.2) is 0 Å². The molecule has 1 aromatic rings. The summed E-state index contributed by atoms with van der Waals surface area (Å²) in [5.74, 6) is 0. The van der Waals surface area contributed by atoms with Crippen LogP contribution in [-0.4, -0.2) is 12.6 Å². The van der Waals surface area contributed by atoms with Crippen LogP contribution in [0.1, 0.15) is 24.4 Å². The van der Waals surface area contributed by atoms with Crippen LogP contribution in [0.2, 0.25) is 0 Å². The quantitative estimate of drug-likeness (QED) is 0.865. The summed E-state index contributed by atoms with van der Waals surface area (Å²) in [6, 6.07) is 8.95. The molecule has 3 heteroatoms. The third-order valence-corrected chi connectivity index (χ3v) is 3.23. The van der Waals surface area contributed by atoms with Gasteiger partial charge in [0, 0.05) is 23.1 Å². The molecule has 0 aromatic heterocycles. The number of hydrogen-bond acceptors (Lipinski definition) is 2. The molecule has 14 heavy (non-hydrogen) atoms. The minimum absolute atomic E-state index is 0.0891. The Morgan fingerprint density at radius 2 is 2.14 bits per heavy atom. The third kappa shape index (κ3) is 2.56. The van der Waals surface area contributed by atoms with E-state index < -0.39 is 0 Å². The number of nitrogens with two attached hydrogens (primary N) is 1. The molecule has 0 spiro atoms. The van der Waals surface area contributed by atoms with Crippen molar-refractivity contribution in [2.24, 2.45) is 5.73 Å². The summed E-state index contributed by atoms with van der Waals surface area (Å²) in [5.41, 5.74) is 7.26. The molecular weight excluding hydrogens is 240 g/mol. The molecule has 0 radical (unpaired) electrons. The predicted octanol–water partition coefficient (Wildman–Crippen LogP) is 2.20. The van der Waals surface area contributed by atoms with Gasteiger partial charge in [-0.15, -0.1) is 0 Å². The van der Waals surface area contributed by atoms with Crippen molar-refractivity contribution in [3.63, 3.8) is 0 Å². The van der Waals surface area contributed by atoms with Gasteiger partial charge in [0.05, 0.1) is 0 Å². The van der Waals surface area contributed by atoms with Gasteiger partial charge in [-0.25, -0.2) is 0 Å². The van der Waals surface area contributed by atoms with E-state index in [2.05, 4.69) is 27.3 Å². The van der Waals surface area contributed by atoms with Crippen molar-refractivity contribution in [2.75, 3.05) is 6.54 Å². The van der Waals surface area contributed by atoms with Crippen molar-refractivity contribution >= 4 is 15.9 Å². The van der Waals surface area contributed by atoms with E-state index in [-0.39, 0.29) is 6.04 Å². The zero-order valence-electron chi connectivity index (χ0n) is 8.04. The van der Waals surface area contributed by atoms with E-state index in [1.807, 2.05) is 18.2 Å². The molecule has 1 fully saturated rings. The lowest BCUT2D eigenvalue weighted by Gasteiger charge is -2.14. The maximum atomic E-state index is 6.08. The van der Waals surface area contributed by atoms with Gasteiger partial charge in [0.25, 0.3) is 0 Å². The highest BCUT2D eigenvalue weighted by Gasteiger charge is 2.21. The van der Waals surface area contributed by atoms with Gasteiger partial charge in [0.1, 0.15) is 0 Å². The van der Waals surface area contributed by atoms with Crippen LogP contribution < -0.4 is 11.1 Å². The van der Waals surface area contributed by atoms with Crippen LogP contribution in [0.4, 0.5) is 0 Å². The first-order valence-corrected chi connectivity index (χ1v) is 5.80. The largest absolute Gasteiger partial charge is 0.323 e. The van der Waals surface area contributed by atoms with E-state index in [4.69, 9.17) is 5.73 Å². The third-order valence-electron chi connectivity index (χ3n) is 2.51. The molecule has 76 valence electrons. The Hall–Kier alpha value is -0.380. The predicted molar refractivity (Wildman–Crippen MR) is 62.1 cm³/mol. The van der Waals surface area contributed by atoms with Gasteiger partial charge < -0.3 is 11.1 Å². The maximum Gasteiger partial charge on any atom is 0.0433 e. The molecule has 0 amide bonds. The van der Waals surface area contributed by atoms with Crippen molar-refractivity contribution in [2.45, 2.75) is 24.9 Å². The second kappa shape index (κ2) is 4.43. The first-order valence-electron chi connectivity index (χ1n) is 5.01. The molecule has 1 aromatic carbocycles. The molecule has 2 rings (SSSR count). The molecule has 1 aliphatic carbocycles. The van der Waals surface area contributed by atoms with Crippen LogP contribution in [0.3, 0.4) is 0 Å². The monoisotopic (exact) mass is 254 g/mol. The Morgan fingerprint density at radius 3 is 2.79 bits per heavy atom. The lowest BCUT2D eigenvalue weighted by atomic mass is 10.1. The number of hydrogen-bond donors (Lipinski definition) is 2.